The maximum absolute atomic E-state index is 14.1. The van der Waals surface area contributed by atoms with E-state index < -0.39 is 0 Å². The molecule has 3 aromatic carbocycles. The summed E-state index contributed by atoms with van der Waals surface area (Å²) in [5, 5.41) is 3.23. The molecule has 6 aromatic rings. The minimum absolute atomic E-state index is 0.0848. The van der Waals surface area contributed by atoms with Gasteiger partial charge in [0.2, 0.25) is 0 Å². The molecule has 0 spiro atoms. The highest BCUT2D eigenvalue weighted by atomic mass is 16.1. The number of aryl methyl sites for hydroxylation is 1. The predicted molar refractivity (Wildman–Crippen MR) is 154 cm³/mol. The van der Waals surface area contributed by atoms with Crippen LogP contribution in [0.1, 0.15) is 40.4 Å². The van der Waals surface area contributed by atoms with Crippen LogP contribution in [0, 0.1) is 0 Å². The summed E-state index contributed by atoms with van der Waals surface area (Å²) >= 11 is 0. The van der Waals surface area contributed by atoms with Crippen molar-refractivity contribution in [3.05, 3.63) is 114 Å². The topological polar surface area (TPSA) is 43.1 Å². The van der Waals surface area contributed by atoms with Gasteiger partial charge in [-0.25, -0.2) is 0 Å². The molecule has 1 aliphatic rings. The molecular weight excluding hydrogens is 468 g/mol. The van der Waals surface area contributed by atoms with E-state index in [-0.39, 0.29) is 5.78 Å². The number of para-hydroxylation sites is 2. The Kier molecular flexibility index (Phi) is 5.59. The van der Waals surface area contributed by atoms with Crippen LogP contribution in [-0.2, 0) is 13.6 Å². The fraction of sp³-hybridized carbons (Fsp3) is 0.212. The van der Waals surface area contributed by atoms with Crippen molar-refractivity contribution in [2.24, 2.45) is 7.05 Å². The predicted octanol–water partition coefficient (Wildman–Crippen LogP) is 6.75. The summed E-state index contributed by atoms with van der Waals surface area (Å²) in [6.07, 6.45) is 7.93. The number of fused-ring (bicyclic) bond motifs is 4. The molecule has 1 fully saturated rings. The second-order valence-corrected chi connectivity index (χ2v) is 10.5. The van der Waals surface area contributed by atoms with E-state index in [1.54, 1.807) is 0 Å². The van der Waals surface area contributed by atoms with Gasteiger partial charge in [-0.3, -0.25) is 14.7 Å². The van der Waals surface area contributed by atoms with E-state index >= 15 is 0 Å². The number of carbonyl (C=O) groups is 1. The van der Waals surface area contributed by atoms with Gasteiger partial charge in [-0.15, -0.1) is 0 Å². The summed E-state index contributed by atoms with van der Waals surface area (Å²) in [6.45, 7) is 3.03. The van der Waals surface area contributed by atoms with E-state index in [2.05, 4.69) is 56.9 Å². The number of aromatic nitrogens is 3. The third-order valence-corrected chi connectivity index (χ3v) is 8.17. The zero-order chi connectivity index (χ0) is 25.6. The lowest BCUT2D eigenvalue weighted by Gasteiger charge is -2.33. The lowest BCUT2D eigenvalue weighted by atomic mass is 9.98. The molecule has 5 nitrogen and oxygen atoms in total. The van der Waals surface area contributed by atoms with Crippen molar-refractivity contribution < 1.29 is 4.79 Å². The van der Waals surface area contributed by atoms with Crippen molar-refractivity contribution in [2.45, 2.75) is 25.4 Å². The number of benzene rings is 3. The zero-order valence-corrected chi connectivity index (χ0v) is 21.5. The summed E-state index contributed by atoms with van der Waals surface area (Å²) in [5.41, 5.74) is 6.25. The summed E-state index contributed by atoms with van der Waals surface area (Å²) < 4.78 is 4.55. The SMILES string of the molecule is Cn1cc(C(=O)c2cccc3c2c2ccccc2n3C2CCN(Cc3cccnc3)CC2)c2ccccc21. The molecule has 38 heavy (non-hydrogen) atoms. The number of piperidine rings is 1. The highest BCUT2D eigenvalue weighted by Crippen LogP contribution is 2.38. The van der Waals surface area contributed by atoms with Crippen LogP contribution in [0.15, 0.2) is 97.5 Å². The molecule has 188 valence electrons. The monoisotopic (exact) mass is 498 g/mol. The van der Waals surface area contributed by atoms with Gasteiger partial charge in [-0.1, -0.05) is 54.6 Å². The molecular formula is C33H30N4O. The molecule has 0 amide bonds. The standard InChI is InChI=1S/C33H30N4O/c1-35-22-28(25-9-2-4-12-29(25)35)33(38)27-11-6-14-31-32(27)26-10-3-5-13-30(26)37(31)24-15-18-36(19-16-24)21-23-8-7-17-34-20-23/h2-14,17,20,22,24H,15-16,18-19,21H2,1H3. The number of ketones is 1. The normalized spacial score (nSPS) is 15.1. The molecule has 0 bridgehead atoms. The van der Waals surface area contributed by atoms with E-state index in [1.807, 2.05) is 66.6 Å². The number of rotatable bonds is 5. The molecule has 0 N–H and O–H groups in total. The minimum Gasteiger partial charge on any atom is -0.350 e. The first-order valence-corrected chi connectivity index (χ1v) is 13.4. The Hall–Kier alpha value is -4.22. The maximum Gasteiger partial charge on any atom is 0.195 e. The number of nitrogens with zero attached hydrogens (tertiary/aromatic N) is 4. The Morgan fingerprint density at radius 2 is 1.55 bits per heavy atom. The molecule has 4 heterocycles. The Morgan fingerprint density at radius 3 is 2.34 bits per heavy atom. The van der Waals surface area contributed by atoms with E-state index in [9.17, 15) is 4.79 Å². The smallest absolute Gasteiger partial charge is 0.195 e. The number of hydrogen-bond acceptors (Lipinski definition) is 3. The largest absolute Gasteiger partial charge is 0.350 e. The lowest BCUT2D eigenvalue weighted by Crippen LogP contribution is -2.34. The second kappa shape index (κ2) is 9.26. The van der Waals surface area contributed by atoms with Gasteiger partial charge in [-0.05, 0) is 42.7 Å². The van der Waals surface area contributed by atoms with Crippen molar-refractivity contribution >= 4 is 38.5 Å². The first-order valence-electron chi connectivity index (χ1n) is 13.4. The minimum atomic E-state index is 0.0848. The van der Waals surface area contributed by atoms with Crippen LogP contribution in [0.25, 0.3) is 32.7 Å². The zero-order valence-electron chi connectivity index (χ0n) is 21.5. The number of carbonyl (C=O) groups excluding carboxylic acids is 1. The van der Waals surface area contributed by atoms with Crippen molar-refractivity contribution in [2.75, 3.05) is 13.1 Å². The summed E-state index contributed by atoms with van der Waals surface area (Å²) in [6, 6.07) is 27.5. The Labute approximate surface area is 221 Å². The van der Waals surface area contributed by atoms with Crippen LogP contribution in [0.5, 0.6) is 0 Å². The molecule has 0 radical (unpaired) electrons. The molecule has 0 unspecified atom stereocenters. The molecule has 7 rings (SSSR count). The van der Waals surface area contributed by atoms with Crippen LogP contribution in [0.4, 0.5) is 0 Å². The van der Waals surface area contributed by atoms with E-state index in [4.69, 9.17) is 0 Å². The summed E-state index contributed by atoms with van der Waals surface area (Å²) in [7, 11) is 2.01. The van der Waals surface area contributed by atoms with E-state index in [0.29, 0.717) is 6.04 Å². The summed E-state index contributed by atoms with van der Waals surface area (Å²) in [5.74, 6) is 0.0848. The van der Waals surface area contributed by atoms with E-state index in [1.165, 1.54) is 11.1 Å². The molecule has 0 atom stereocenters. The number of pyridine rings is 1. The molecule has 3 aromatic heterocycles. The van der Waals surface area contributed by atoms with Gasteiger partial charge < -0.3 is 9.13 Å². The molecule has 1 aliphatic heterocycles. The highest BCUT2D eigenvalue weighted by molar-refractivity contribution is 6.25. The van der Waals surface area contributed by atoms with Crippen LogP contribution < -0.4 is 0 Å². The third-order valence-electron chi connectivity index (χ3n) is 8.17. The van der Waals surface area contributed by atoms with Gasteiger partial charge in [0.05, 0.1) is 5.52 Å². The quantitative estimate of drug-likeness (QED) is 0.247. The second-order valence-electron chi connectivity index (χ2n) is 10.5. The lowest BCUT2D eigenvalue weighted by molar-refractivity contribution is 0.104. The summed E-state index contributed by atoms with van der Waals surface area (Å²) in [4.78, 5) is 20.9. The Morgan fingerprint density at radius 1 is 0.816 bits per heavy atom. The van der Waals surface area contributed by atoms with Gasteiger partial charge in [0.1, 0.15) is 0 Å². The van der Waals surface area contributed by atoms with Gasteiger partial charge in [0.15, 0.2) is 5.78 Å². The average Bonchev–Trinajstić information content (AvgIpc) is 3.49. The Bertz CT molecular complexity index is 1790. The number of likely N-dealkylation sites (tertiary alicyclic amines) is 1. The first kappa shape index (κ1) is 22.9. The molecule has 0 saturated carbocycles. The highest BCUT2D eigenvalue weighted by Gasteiger charge is 2.26. The van der Waals surface area contributed by atoms with Crippen LogP contribution in [-0.4, -0.2) is 37.9 Å². The molecule has 0 aliphatic carbocycles. The van der Waals surface area contributed by atoms with Crippen molar-refractivity contribution in [3.63, 3.8) is 0 Å². The van der Waals surface area contributed by atoms with Crippen LogP contribution in [0.3, 0.4) is 0 Å². The van der Waals surface area contributed by atoms with Crippen LogP contribution in [0.2, 0.25) is 0 Å². The van der Waals surface area contributed by atoms with Crippen molar-refractivity contribution in [1.29, 1.82) is 0 Å². The van der Waals surface area contributed by atoms with Gasteiger partial charge in [-0.2, -0.15) is 0 Å². The van der Waals surface area contributed by atoms with Gasteiger partial charge >= 0.3 is 0 Å². The van der Waals surface area contributed by atoms with Crippen molar-refractivity contribution in [3.8, 4) is 0 Å². The fourth-order valence-corrected chi connectivity index (χ4v) is 6.38. The Balaban J connectivity index is 1.29. The van der Waals surface area contributed by atoms with Gasteiger partial charge in [0.25, 0.3) is 0 Å². The third kappa shape index (κ3) is 3.74. The van der Waals surface area contributed by atoms with Gasteiger partial charge in [0, 0.05) is 89.6 Å². The maximum atomic E-state index is 14.1. The van der Waals surface area contributed by atoms with Crippen molar-refractivity contribution in [1.82, 2.24) is 19.0 Å². The van der Waals surface area contributed by atoms with E-state index in [0.717, 1.165) is 70.8 Å². The number of hydrogen-bond donors (Lipinski definition) is 0. The first-order chi connectivity index (χ1) is 18.7. The molecule has 1 saturated heterocycles. The molecule has 5 heteroatoms. The fourth-order valence-electron chi connectivity index (χ4n) is 6.38. The van der Waals surface area contributed by atoms with Crippen LogP contribution >= 0.6 is 0 Å². The average molecular weight is 499 g/mol.